The normalized spacial score (nSPS) is 11.7. The van der Waals surface area contributed by atoms with Crippen LogP contribution in [0.5, 0.6) is 0 Å². The van der Waals surface area contributed by atoms with Gasteiger partial charge < -0.3 is 0 Å². The van der Waals surface area contributed by atoms with Gasteiger partial charge in [0.1, 0.15) is 5.02 Å². The van der Waals surface area contributed by atoms with Gasteiger partial charge in [-0.15, -0.1) is 0 Å². The van der Waals surface area contributed by atoms with Gasteiger partial charge in [0.15, 0.2) is 20.0 Å². The summed E-state index contributed by atoms with van der Waals surface area (Å²) in [7, 11) is -3.53. The number of aromatic nitrogens is 2. The molecular weight excluding hydrogens is 258 g/mol. The molecule has 0 radical (unpaired) electrons. The maximum atomic E-state index is 11.1. The molecule has 0 spiro atoms. The number of hydrogen-bond donors (Lipinski definition) is 0. The van der Waals surface area contributed by atoms with Crippen molar-refractivity contribution in [3.8, 4) is 0 Å². The summed E-state index contributed by atoms with van der Waals surface area (Å²) < 4.78 is 22.1. The van der Waals surface area contributed by atoms with Crippen molar-refractivity contribution in [2.75, 3.05) is 6.26 Å². The van der Waals surface area contributed by atoms with E-state index in [9.17, 15) is 8.42 Å². The van der Waals surface area contributed by atoms with Crippen LogP contribution < -0.4 is 0 Å². The largest absolute Gasteiger partial charge is 0.225 e. The first-order valence-electron chi connectivity index (χ1n) is 2.91. The van der Waals surface area contributed by atoms with Crippen LogP contribution in [0.3, 0.4) is 0 Å². The van der Waals surface area contributed by atoms with Crippen molar-refractivity contribution in [3.05, 3.63) is 15.5 Å². The van der Waals surface area contributed by atoms with Gasteiger partial charge >= 0.3 is 0 Å². The molecule has 1 heterocycles. The molecule has 4 nitrogen and oxygen atoms in total. The molecule has 0 bridgehead atoms. The quantitative estimate of drug-likeness (QED) is 0.572. The third kappa shape index (κ3) is 2.43. The van der Waals surface area contributed by atoms with Crippen LogP contribution in [0.4, 0.5) is 0 Å². The number of sulfone groups is 1. The van der Waals surface area contributed by atoms with Crippen molar-refractivity contribution >= 4 is 44.6 Å². The van der Waals surface area contributed by atoms with Crippen LogP contribution in [-0.2, 0) is 9.84 Å². The fraction of sp³-hybridized carbons (Fsp3) is 0.200. The predicted molar refractivity (Wildman–Crippen MR) is 50.2 cm³/mol. The highest BCUT2D eigenvalue weighted by Crippen LogP contribution is 2.27. The summed E-state index contributed by atoms with van der Waals surface area (Å²) in [5.41, 5.74) is 0. The van der Waals surface area contributed by atoms with E-state index in [1.54, 1.807) is 0 Å². The molecule has 0 saturated carbocycles. The van der Waals surface area contributed by atoms with E-state index in [1.165, 1.54) is 0 Å². The summed E-state index contributed by atoms with van der Waals surface area (Å²) in [4.78, 5) is 6.93. The average molecular weight is 262 g/mol. The van der Waals surface area contributed by atoms with Crippen LogP contribution in [0.1, 0.15) is 0 Å². The molecule has 0 atom stereocenters. The molecule has 0 aliphatic carbocycles. The number of rotatable bonds is 1. The van der Waals surface area contributed by atoms with Crippen molar-refractivity contribution in [2.24, 2.45) is 0 Å². The minimum Gasteiger partial charge on any atom is -0.222 e. The van der Waals surface area contributed by atoms with E-state index in [1.807, 2.05) is 0 Å². The molecule has 0 amide bonds. The zero-order chi connectivity index (χ0) is 10.2. The van der Waals surface area contributed by atoms with Gasteiger partial charge in [0.2, 0.25) is 5.28 Å². The number of nitrogens with zero attached hydrogens (tertiary/aromatic N) is 2. The van der Waals surface area contributed by atoms with Crippen LogP contribution in [0.2, 0.25) is 15.5 Å². The molecule has 1 rings (SSSR count). The van der Waals surface area contributed by atoms with Crippen LogP contribution in [0, 0.1) is 0 Å². The van der Waals surface area contributed by atoms with Crippen molar-refractivity contribution in [3.63, 3.8) is 0 Å². The highest BCUT2D eigenvalue weighted by Gasteiger charge is 2.18. The lowest BCUT2D eigenvalue weighted by Gasteiger charge is -2.01. The number of halogens is 3. The maximum Gasteiger partial charge on any atom is 0.225 e. The summed E-state index contributed by atoms with van der Waals surface area (Å²) in [6.45, 7) is 0. The van der Waals surface area contributed by atoms with Crippen LogP contribution >= 0.6 is 34.8 Å². The lowest BCUT2D eigenvalue weighted by atomic mass is 10.7. The summed E-state index contributed by atoms with van der Waals surface area (Å²) >= 11 is 16.4. The van der Waals surface area contributed by atoms with Crippen molar-refractivity contribution in [2.45, 2.75) is 5.03 Å². The second kappa shape index (κ2) is 3.57. The minimum atomic E-state index is -3.53. The van der Waals surface area contributed by atoms with Gasteiger partial charge in [-0.3, -0.25) is 0 Å². The van der Waals surface area contributed by atoms with Crippen molar-refractivity contribution < 1.29 is 8.42 Å². The van der Waals surface area contributed by atoms with Crippen LogP contribution in [-0.4, -0.2) is 24.6 Å². The Morgan fingerprint density at radius 1 is 1.15 bits per heavy atom. The molecular formula is C5H3Cl3N2O2S. The molecule has 0 aromatic carbocycles. The van der Waals surface area contributed by atoms with E-state index in [4.69, 9.17) is 34.8 Å². The van der Waals surface area contributed by atoms with Crippen LogP contribution in [0.25, 0.3) is 0 Å². The third-order valence-electron chi connectivity index (χ3n) is 1.10. The molecule has 1 aromatic rings. The molecule has 0 N–H and O–H groups in total. The Morgan fingerprint density at radius 3 is 2.15 bits per heavy atom. The third-order valence-corrected chi connectivity index (χ3v) is 3.11. The zero-order valence-electron chi connectivity index (χ0n) is 6.25. The van der Waals surface area contributed by atoms with Crippen molar-refractivity contribution in [1.29, 1.82) is 0 Å². The molecule has 8 heteroatoms. The van der Waals surface area contributed by atoms with E-state index >= 15 is 0 Å². The van der Waals surface area contributed by atoms with Crippen LogP contribution in [0.15, 0.2) is 5.03 Å². The molecule has 0 aliphatic heterocycles. The summed E-state index contributed by atoms with van der Waals surface area (Å²) in [6.07, 6.45) is 0.952. The lowest BCUT2D eigenvalue weighted by molar-refractivity contribution is 0.598. The Morgan fingerprint density at radius 2 is 1.69 bits per heavy atom. The summed E-state index contributed by atoms with van der Waals surface area (Å²) in [6, 6.07) is 0. The van der Waals surface area contributed by atoms with Gasteiger partial charge in [0, 0.05) is 6.26 Å². The molecule has 0 unspecified atom stereocenters. The van der Waals surface area contributed by atoms with Crippen molar-refractivity contribution in [1.82, 2.24) is 9.97 Å². The molecule has 0 aliphatic rings. The highest BCUT2D eigenvalue weighted by molar-refractivity contribution is 7.90. The lowest BCUT2D eigenvalue weighted by Crippen LogP contribution is -2.03. The fourth-order valence-corrected chi connectivity index (χ4v) is 2.29. The van der Waals surface area contributed by atoms with Gasteiger partial charge in [-0.05, 0) is 11.6 Å². The minimum absolute atomic E-state index is 0.179. The van der Waals surface area contributed by atoms with Gasteiger partial charge in [-0.2, -0.15) is 0 Å². The smallest absolute Gasteiger partial charge is 0.222 e. The molecule has 13 heavy (non-hydrogen) atoms. The highest BCUT2D eigenvalue weighted by atomic mass is 35.5. The van der Waals surface area contributed by atoms with Gasteiger partial charge in [0.05, 0.1) is 0 Å². The predicted octanol–water partition coefficient (Wildman–Crippen LogP) is 1.84. The Kier molecular flexibility index (Phi) is 3.01. The second-order valence-corrected chi connectivity index (χ2v) is 5.18. The maximum absolute atomic E-state index is 11.1. The molecule has 0 saturated heterocycles. The summed E-state index contributed by atoms with van der Waals surface area (Å²) in [5.74, 6) is 0. The monoisotopic (exact) mass is 260 g/mol. The van der Waals surface area contributed by atoms with Gasteiger partial charge in [0.25, 0.3) is 0 Å². The van der Waals surface area contributed by atoms with E-state index in [-0.39, 0.29) is 20.5 Å². The Labute approximate surface area is 89.8 Å². The number of hydrogen-bond acceptors (Lipinski definition) is 4. The van der Waals surface area contributed by atoms with Gasteiger partial charge in [-0.25, -0.2) is 18.4 Å². The average Bonchev–Trinajstić information content (AvgIpc) is 1.94. The van der Waals surface area contributed by atoms with E-state index in [0.29, 0.717) is 0 Å². The second-order valence-electron chi connectivity index (χ2n) is 2.17. The molecule has 0 fully saturated rings. The van der Waals surface area contributed by atoms with Gasteiger partial charge in [-0.1, -0.05) is 23.2 Å². The van der Waals surface area contributed by atoms with E-state index in [0.717, 1.165) is 6.26 Å². The zero-order valence-corrected chi connectivity index (χ0v) is 9.34. The first-order chi connectivity index (χ1) is 5.82. The first kappa shape index (κ1) is 11.0. The Hall–Kier alpha value is -0.100. The molecule has 72 valence electrons. The Bertz CT molecular complexity index is 445. The standard InChI is InChI=1S/C5H3Cl3N2O2S/c1-13(11,12)4-2(6)3(7)9-5(8)10-4/h1H3. The van der Waals surface area contributed by atoms with E-state index in [2.05, 4.69) is 9.97 Å². The first-order valence-corrected chi connectivity index (χ1v) is 5.93. The van der Waals surface area contributed by atoms with E-state index < -0.39 is 9.84 Å². The topological polar surface area (TPSA) is 59.9 Å². The SMILES string of the molecule is CS(=O)(=O)c1nc(Cl)nc(Cl)c1Cl. The molecule has 1 aromatic heterocycles. The Balaban J connectivity index is 3.56. The fourth-order valence-electron chi connectivity index (χ4n) is 0.622. The summed E-state index contributed by atoms with van der Waals surface area (Å²) in [5, 5.41) is -1.01.